The monoisotopic (exact) mass is 495 g/mol. The van der Waals surface area contributed by atoms with Crippen molar-refractivity contribution in [1.82, 2.24) is 5.32 Å². The molecule has 184 valence electrons. The van der Waals surface area contributed by atoms with Gasteiger partial charge in [0.25, 0.3) is 15.9 Å². The Bertz CT molecular complexity index is 1290. The van der Waals surface area contributed by atoms with Gasteiger partial charge in [-0.3, -0.25) is 13.9 Å². The largest absolute Gasteiger partial charge is 0.383 e. The average Bonchev–Trinajstić information content (AvgIpc) is 2.85. The van der Waals surface area contributed by atoms with Crippen molar-refractivity contribution in [3.05, 3.63) is 89.5 Å². The van der Waals surface area contributed by atoms with Crippen molar-refractivity contribution in [1.29, 1.82) is 0 Å². The van der Waals surface area contributed by atoms with Crippen molar-refractivity contribution >= 4 is 33.2 Å². The molecule has 0 heterocycles. The van der Waals surface area contributed by atoms with Crippen LogP contribution in [0.1, 0.15) is 21.5 Å². The fourth-order valence-corrected chi connectivity index (χ4v) is 4.82. The number of amides is 2. The van der Waals surface area contributed by atoms with Crippen LogP contribution in [-0.4, -0.2) is 47.0 Å². The molecule has 2 N–H and O–H groups in total. The van der Waals surface area contributed by atoms with Gasteiger partial charge in [0.2, 0.25) is 5.91 Å². The van der Waals surface area contributed by atoms with Gasteiger partial charge in [0.15, 0.2) is 0 Å². The third-order valence-electron chi connectivity index (χ3n) is 5.43. The Hall–Kier alpha value is -3.69. The molecule has 35 heavy (non-hydrogen) atoms. The predicted molar refractivity (Wildman–Crippen MR) is 136 cm³/mol. The molecule has 0 aliphatic heterocycles. The fourth-order valence-electron chi connectivity index (χ4n) is 3.39. The maximum atomic E-state index is 13.5. The van der Waals surface area contributed by atoms with Gasteiger partial charge in [0.1, 0.15) is 6.54 Å². The lowest BCUT2D eigenvalue weighted by molar-refractivity contribution is -0.114. The number of sulfonamides is 1. The zero-order chi connectivity index (χ0) is 25.4. The molecule has 9 heteroatoms. The second-order valence-electron chi connectivity index (χ2n) is 7.94. The van der Waals surface area contributed by atoms with Crippen molar-refractivity contribution in [2.45, 2.75) is 18.7 Å². The van der Waals surface area contributed by atoms with Crippen LogP contribution in [0.2, 0.25) is 0 Å². The molecule has 8 nitrogen and oxygen atoms in total. The van der Waals surface area contributed by atoms with Crippen molar-refractivity contribution in [2.24, 2.45) is 0 Å². The first-order valence-electron chi connectivity index (χ1n) is 11.0. The molecule has 0 unspecified atom stereocenters. The van der Waals surface area contributed by atoms with Gasteiger partial charge in [-0.2, -0.15) is 0 Å². The number of hydrogen-bond acceptors (Lipinski definition) is 5. The molecule has 0 bridgehead atoms. The van der Waals surface area contributed by atoms with Crippen LogP contribution in [0.25, 0.3) is 0 Å². The van der Waals surface area contributed by atoms with Gasteiger partial charge in [-0.15, -0.1) is 0 Å². The Kier molecular flexibility index (Phi) is 8.62. The number of nitrogens with zero attached hydrogens (tertiary/aromatic N) is 1. The zero-order valence-electron chi connectivity index (χ0n) is 19.9. The SMILES string of the molecule is COCCNC(=O)c1ccccc1NC(=O)CN(c1ccc(C)c(C)c1)S(=O)(=O)c1ccccc1. The van der Waals surface area contributed by atoms with Crippen LogP contribution in [-0.2, 0) is 19.6 Å². The first kappa shape index (κ1) is 25.9. The summed E-state index contributed by atoms with van der Waals surface area (Å²) in [5, 5.41) is 5.41. The van der Waals surface area contributed by atoms with Crippen molar-refractivity contribution < 1.29 is 22.7 Å². The highest BCUT2D eigenvalue weighted by atomic mass is 32.2. The lowest BCUT2D eigenvalue weighted by Gasteiger charge is -2.25. The third kappa shape index (κ3) is 6.46. The quantitative estimate of drug-likeness (QED) is 0.419. The van der Waals surface area contributed by atoms with E-state index in [1.165, 1.54) is 19.2 Å². The molecule has 0 spiro atoms. The molecule has 0 saturated carbocycles. The van der Waals surface area contributed by atoms with Gasteiger partial charge < -0.3 is 15.4 Å². The lowest BCUT2D eigenvalue weighted by atomic mass is 10.1. The van der Waals surface area contributed by atoms with Gasteiger partial charge in [0, 0.05) is 13.7 Å². The summed E-state index contributed by atoms with van der Waals surface area (Å²) in [4.78, 5) is 25.7. The number of ether oxygens (including phenoxy) is 1. The van der Waals surface area contributed by atoms with E-state index in [2.05, 4.69) is 10.6 Å². The molecule has 0 aliphatic rings. The Labute approximate surface area is 206 Å². The molecule has 0 saturated heterocycles. The number of nitrogens with one attached hydrogen (secondary N) is 2. The van der Waals surface area contributed by atoms with Crippen LogP contribution in [0.5, 0.6) is 0 Å². The van der Waals surface area contributed by atoms with Crippen LogP contribution in [0, 0.1) is 13.8 Å². The number of carbonyl (C=O) groups is 2. The second-order valence-corrected chi connectivity index (χ2v) is 9.80. The van der Waals surface area contributed by atoms with E-state index in [0.717, 1.165) is 15.4 Å². The number of para-hydroxylation sites is 1. The predicted octanol–water partition coefficient (Wildman–Crippen LogP) is 3.51. The standard InChI is InChI=1S/C26H29N3O5S/c1-19-13-14-21(17-20(19)2)29(35(32,33)22-9-5-4-6-10-22)18-25(30)28-24-12-8-7-11-23(24)26(31)27-15-16-34-3/h4-14,17H,15-16,18H2,1-3H3,(H,27,31)(H,28,30). The molecule has 0 aromatic heterocycles. The van der Waals surface area contributed by atoms with E-state index in [1.807, 2.05) is 19.9 Å². The van der Waals surface area contributed by atoms with Gasteiger partial charge in [0.05, 0.1) is 28.4 Å². The van der Waals surface area contributed by atoms with E-state index in [1.54, 1.807) is 54.6 Å². The third-order valence-corrected chi connectivity index (χ3v) is 7.22. The summed E-state index contributed by atoms with van der Waals surface area (Å²) in [6.07, 6.45) is 0. The Morgan fingerprint density at radius 2 is 1.60 bits per heavy atom. The van der Waals surface area contributed by atoms with Crippen molar-refractivity contribution in [3.8, 4) is 0 Å². The van der Waals surface area contributed by atoms with Crippen LogP contribution >= 0.6 is 0 Å². The highest BCUT2D eigenvalue weighted by Crippen LogP contribution is 2.26. The summed E-state index contributed by atoms with van der Waals surface area (Å²) in [6, 6.07) is 19.7. The van der Waals surface area contributed by atoms with Gasteiger partial charge in [-0.25, -0.2) is 8.42 Å². The van der Waals surface area contributed by atoms with E-state index in [0.29, 0.717) is 18.8 Å². The summed E-state index contributed by atoms with van der Waals surface area (Å²) in [5.74, 6) is -0.958. The summed E-state index contributed by atoms with van der Waals surface area (Å²) < 4.78 is 33.0. The summed E-state index contributed by atoms with van der Waals surface area (Å²) in [5.41, 5.74) is 2.82. The Morgan fingerprint density at radius 3 is 2.29 bits per heavy atom. The van der Waals surface area contributed by atoms with Gasteiger partial charge in [-0.05, 0) is 61.4 Å². The second kappa shape index (κ2) is 11.6. The Balaban J connectivity index is 1.90. The normalized spacial score (nSPS) is 11.1. The number of carbonyl (C=O) groups excluding carboxylic acids is 2. The van der Waals surface area contributed by atoms with Crippen molar-refractivity contribution in [3.63, 3.8) is 0 Å². The molecule has 3 aromatic carbocycles. The van der Waals surface area contributed by atoms with Crippen LogP contribution < -0.4 is 14.9 Å². The van der Waals surface area contributed by atoms with Gasteiger partial charge >= 0.3 is 0 Å². The maximum Gasteiger partial charge on any atom is 0.264 e. The first-order chi connectivity index (χ1) is 16.7. The van der Waals surface area contributed by atoms with Crippen molar-refractivity contribution in [2.75, 3.05) is 36.4 Å². The minimum atomic E-state index is -4.03. The van der Waals surface area contributed by atoms with Gasteiger partial charge in [-0.1, -0.05) is 36.4 Å². The van der Waals surface area contributed by atoms with E-state index in [4.69, 9.17) is 4.74 Å². The number of benzene rings is 3. The summed E-state index contributed by atoms with van der Waals surface area (Å²) in [6.45, 7) is 4.00. The molecular weight excluding hydrogens is 466 g/mol. The average molecular weight is 496 g/mol. The minimum absolute atomic E-state index is 0.0731. The van der Waals surface area contributed by atoms with E-state index >= 15 is 0 Å². The van der Waals surface area contributed by atoms with E-state index < -0.39 is 22.5 Å². The molecule has 0 atom stereocenters. The smallest absolute Gasteiger partial charge is 0.264 e. The summed E-state index contributed by atoms with van der Waals surface area (Å²) in [7, 11) is -2.50. The number of hydrogen-bond donors (Lipinski definition) is 2. The fraction of sp³-hybridized carbons (Fsp3) is 0.231. The minimum Gasteiger partial charge on any atom is -0.383 e. The Morgan fingerprint density at radius 1 is 0.914 bits per heavy atom. The number of rotatable bonds is 10. The maximum absolute atomic E-state index is 13.5. The zero-order valence-corrected chi connectivity index (χ0v) is 20.8. The lowest BCUT2D eigenvalue weighted by Crippen LogP contribution is -2.38. The van der Waals surface area contributed by atoms with Crippen LogP contribution in [0.3, 0.4) is 0 Å². The molecular formula is C26H29N3O5S. The summed E-state index contributed by atoms with van der Waals surface area (Å²) >= 11 is 0. The van der Waals surface area contributed by atoms with Crippen LogP contribution in [0.15, 0.2) is 77.7 Å². The number of methoxy groups -OCH3 is 1. The topological polar surface area (TPSA) is 105 Å². The number of anilines is 2. The highest BCUT2D eigenvalue weighted by molar-refractivity contribution is 7.92. The van der Waals surface area contributed by atoms with E-state index in [-0.39, 0.29) is 22.1 Å². The molecule has 3 rings (SSSR count). The molecule has 0 radical (unpaired) electrons. The molecule has 0 aliphatic carbocycles. The molecule has 0 fully saturated rings. The molecule has 3 aromatic rings. The van der Waals surface area contributed by atoms with E-state index in [9.17, 15) is 18.0 Å². The van der Waals surface area contributed by atoms with Crippen LogP contribution in [0.4, 0.5) is 11.4 Å². The first-order valence-corrected chi connectivity index (χ1v) is 12.5. The highest BCUT2D eigenvalue weighted by Gasteiger charge is 2.28. The number of aryl methyl sites for hydroxylation is 2. The molecule has 2 amide bonds.